The molecule has 0 spiro atoms. The Labute approximate surface area is 138 Å². The number of sulfonamides is 1. The Balaban J connectivity index is 2.53. The lowest BCUT2D eigenvalue weighted by Gasteiger charge is -2.16. The summed E-state index contributed by atoms with van der Waals surface area (Å²) in [6.07, 6.45) is 0. The normalized spacial score (nSPS) is 11.6. The summed E-state index contributed by atoms with van der Waals surface area (Å²) >= 11 is 5.23. The molecule has 0 radical (unpaired) electrons. The van der Waals surface area contributed by atoms with Gasteiger partial charge < -0.3 is 5.11 Å². The van der Waals surface area contributed by atoms with E-state index in [9.17, 15) is 18.3 Å². The topological polar surface area (TPSA) is 87.6 Å². The molecule has 0 atom stereocenters. The molecule has 0 bridgehead atoms. The van der Waals surface area contributed by atoms with Crippen molar-refractivity contribution in [2.75, 3.05) is 11.4 Å². The maximum Gasteiger partial charge on any atom is 0.340 e. The Morgan fingerprint density at radius 1 is 1.43 bits per heavy atom. The Kier molecular flexibility index (Phi) is 4.43. The SMILES string of the molecule is Cc1cc(S(=O)(=O)N(C)c2snc(C)c2C(=O)O)sc1Br. The summed E-state index contributed by atoms with van der Waals surface area (Å²) in [7, 11) is -2.48. The van der Waals surface area contributed by atoms with Crippen molar-refractivity contribution in [3.05, 3.63) is 26.7 Å². The number of anilines is 1. The minimum Gasteiger partial charge on any atom is -0.478 e. The summed E-state index contributed by atoms with van der Waals surface area (Å²) in [5.41, 5.74) is 1.03. The first-order valence-electron chi connectivity index (χ1n) is 5.60. The number of rotatable bonds is 4. The Morgan fingerprint density at radius 3 is 2.52 bits per heavy atom. The van der Waals surface area contributed by atoms with Crippen molar-refractivity contribution in [2.24, 2.45) is 0 Å². The molecule has 10 heteroatoms. The van der Waals surface area contributed by atoms with Gasteiger partial charge in [0.1, 0.15) is 14.8 Å². The van der Waals surface area contributed by atoms with Crippen LogP contribution in [0.25, 0.3) is 0 Å². The van der Waals surface area contributed by atoms with Gasteiger partial charge in [0.05, 0.1) is 9.48 Å². The second-order valence-corrected chi connectivity index (χ2v) is 9.57. The van der Waals surface area contributed by atoms with E-state index in [1.54, 1.807) is 13.0 Å². The molecule has 2 rings (SSSR count). The van der Waals surface area contributed by atoms with Gasteiger partial charge in [0.2, 0.25) is 0 Å². The van der Waals surface area contributed by atoms with Crippen LogP contribution in [0.5, 0.6) is 0 Å². The van der Waals surface area contributed by atoms with Crippen molar-refractivity contribution in [3.63, 3.8) is 0 Å². The van der Waals surface area contributed by atoms with Gasteiger partial charge in [-0.3, -0.25) is 4.31 Å². The average molecular weight is 411 g/mol. The molecule has 0 aliphatic heterocycles. The summed E-state index contributed by atoms with van der Waals surface area (Å²) in [4.78, 5) is 11.3. The van der Waals surface area contributed by atoms with Crippen molar-refractivity contribution in [2.45, 2.75) is 18.1 Å². The first-order chi connectivity index (χ1) is 9.66. The molecule has 6 nitrogen and oxygen atoms in total. The highest BCUT2D eigenvalue weighted by Gasteiger charge is 2.30. The van der Waals surface area contributed by atoms with Gasteiger partial charge in [-0.1, -0.05) is 0 Å². The largest absolute Gasteiger partial charge is 0.478 e. The average Bonchev–Trinajstić information content (AvgIpc) is 2.93. The van der Waals surface area contributed by atoms with Gasteiger partial charge in [-0.15, -0.1) is 11.3 Å². The maximum atomic E-state index is 12.6. The predicted molar refractivity (Wildman–Crippen MR) is 86.2 cm³/mol. The molecular weight excluding hydrogens is 400 g/mol. The molecule has 21 heavy (non-hydrogen) atoms. The van der Waals surface area contributed by atoms with Gasteiger partial charge in [0, 0.05) is 7.05 Å². The van der Waals surface area contributed by atoms with E-state index in [1.165, 1.54) is 14.0 Å². The van der Waals surface area contributed by atoms with Crippen LogP contribution < -0.4 is 4.31 Å². The number of hydrogen-bond donors (Lipinski definition) is 1. The molecule has 0 amide bonds. The fourth-order valence-electron chi connectivity index (χ4n) is 1.62. The summed E-state index contributed by atoms with van der Waals surface area (Å²) in [5, 5.41) is 9.31. The smallest absolute Gasteiger partial charge is 0.340 e. The number of carbonyl (C=O) groups is 1. The molecule has 2 aromatic rings. The van der Waals surface area contributed by atoms with Crippen molar-refractivity contribution >= 4 is 59.8 Å². The third-order valence-electron chi connectivity index (χ3n) is 2.79. The molecule has 0 aromatic carbocycles. The monoisotopic (exact) mass is 410 g/mol. The molecule has 0 aliphatic carbocycles. The molecule has 2 aromatic heterocycles. The van der Waals surface area contributed by atoms with E-state index < -0.39 is 16.0 Å². The van der Waals surface area contributed by atoms with Gasteiger partial charge >= 0.3 is 5.97 Å². The van der Waals surface area contributed by atoms with Crippen molar-refractivity contribution in [3.8, 4) is 0 Å². The second-order valence-electron chi connectivity index (χ2n) is 4.25. The van der Waals surface area contributed by atoms with Crippen LogP contribution in [0.15, 0.2) is 14.1 Å². The zero-order chi connectivity index (χ0) is 15.9. The maximum absolute atomic E-state index is 12.6. The molecule has 0 fully saturated rings. The number of aryl methyl sites for hydroxylation is 2. The number of carboxylic acids is 1. The van der Waals surface area contributed by atoms with E-state index in [4.69, 9.17) is 0 Å². The van der Waals surface area contributed by atoms with E-state index in [1.807, 2.05) is 0 Å². The molecule has 114 valence electrons. The van der Waals surface area contributed by atoms with Crippen LogP contribution in [-0.2, 0) is 10.0 Å². The highest BCUT2D eigenvalue weighted by molar-refractivity contribution is 9.11. The Morgan fingerprint density at radius 2 is 2.05 bits per heavy atom. The van der Waals surface area contributed by atoms with Gasteiger partial charge in [-0.25, -0.2) is 13.2 Å². The van der Waals surface area contributed by atoms with Crippen LogP contribution in [0, 0.1) is 13.8 Å². The van der Waals surface area contributed by atoms with Crippen LogP contribution in [0.2, 0.25) is 0 Å². The number of aromatic carboxylic acids is 1. The van der Waals surface area contributed by atoms with E-state index in [-0.39, 0.29) is 14.8 Å². The molecule has 1 N–H and O–H groups in total. The fourth-order valence-corrected chi connectivity index (χ4v) is 6.28. The predicted octanol–water partition coefficient (Wildman–Crippen LogP) is 3.11. The van der Waals surface area contributed by atoms with E-state index >= 15 is 0 Å². The lowest BCUT2D eigenvalue weighted by Crippen LogP contribution is -2.26. The minimum atomic E-state index is -3.81. The van der Waals surface area contributed by atoms with Gasteiger partial charge in [-0.2, -0.15) is 4.37 Å². The summed E-state index contributed by atoms with van der Waals surface area (Å²) in [6, 6.07) is 1.55. The van der Waals surface area contributed by atoms with Crippen LogP contribution >= 0.6 is 38.8 Å². The third kappa shape index (κ3) is 2.85. The molecular formula is C11H11BrN2O4S3. The number of aromatic nitrogens is 1. The highest BCUT2D eigenvalue weighted by atomic mass is 79.9. The van der Waals surface area contributed by atoms with Crippen molar-refractivity contribution in [1.82, 2.24) is 4.37 Å². The van der Waals surface area contributed by atoms with Crippen molar-refractivity contribution in [1.29, 1.82) is 0 Å². The Bertz CT molecular complexity index is 790. The lowest BCUT2D eigenvalue weighted by molar-refractivity contribution is 0.0697. The lowest BCUT2D eigenvalue weighted by atomic mass is 10.2. The zero-order valence-corrected chi connectivity index (χ0v) is 15.3. The quantitative estimate of drug-likeness (QED) is 0.836. The van der Waals surface area contributed by atoms with Crippen LogP contribution in [0.4, 0.5) is 5.00 Å². The van der Waals surface area contributed by atoms with Crippen molar-refractivity contribution < 1.29 is 18.3 Å². The second kappa shape index (κ2) is 5.67. The highest BCUT2D eigenvalue weighted by Crippen LogP contribution is 2.36. The zero-order valence-electron chi connectivity index (χ0n) is 11.2. The fraction of sp³-hybridized carbons (Fsp3) is 0.273. The van der Waals surface area contributed by atoms with Crippen LogP contribution in [0.1, 0.15) is 21.6 Å². The van der Waals surface area contributed by atoms with Gasteiger partial charge in [-0.05, 0) is 52.9 Å². The number of halogens is 1. The summed E-state index contributed by atoms with van der Waals surface area (Å²) in [6.45, 7) is 3.33. The van der Waals surface area contributed by atoms with Crippen LogP contribution in [0.3, 0.4) is 0 Å². The van der Waals surface area contributed by atoms with E-state index in [2.05, 4.69) is 20.3 Å². The minimum absolute atomic E-state index is 0.0848. The molecule has 2 heterocycles. The van der Waals surface area contributed by atoms with Crippen LogP contribution in [-0.4, -0.2) is 30.9 Å². The standard InChI is InChI=1S/C11H11BrN2O4S3/c1-5-4-7(19-9(5)12)21(17,18)14(3)10-8(11(15)16)6(2)13-20-10/h4H,1-3H3,(H,15,16). The Hall–Kier alpha value is -0.970. The summed E-state index contributed by atoms with van der Waals surface area (Å²) < 4.78 is 31.0. The number of hydrogen-bond acceptors (Lipinski definition) is 6. The van der Waals surface area contributed by atoms with Gasteiger partial charge in [0.15, 0.2) is 0 Å². The number of thiophene rings is 1. The molecule has 0 aliphatic rings. The summed E-state index contributed by atoms with van der Waals surface area (Å²) in [5.74, 6) is -1.19. The first-order valence-corrected chi connectivity index (χ1v) is 9.43. The van der Waals surface area contributed by atoms with E-state index in [0.717, 1.165) is 36.5 Å². The van der Waals surface area contributed by atoms with Gasteiger partial charge in [0.25, 0.3) is 10.0 Å². The molecule has 0 unspecified atom stereocenters. The first kappa shape index (κ1) is 16.4. The third-order valence-corrected chi connectivity index (χ3v) is 8.27. The number of nitrogens with zero attached hydrogens (tertiary/aromatic N) is 2. The number of carboxylic acid groups (broad SMARTS) is 1. The molecule has 0 saturated heterocycles. The van der Waals surface area contributed by atoms with E-state index in [0.29, 0.717) is 5.69 Å². The molecule has 0 saturated carbocycles.